The highest BCUT2D eigenvalue weighted by atomic mass is 28.2. The van der Waals surface area contributed by atoms with E-state index in [1.54, 1.807) is 0 Å². The Morgan fingerprint density at radius 3 is 2.58 bits per heavy atom. The number of allylic oxidation sites excluding steroid dienone is 1. The average molecular weight is 175 g/mol. The molecule has 61 valence electrons. The van der Waals surface area contributed by atoms with E-state index in [-0.39, 0.29) is 0 Å². The van der Waals surface area contributed by atoms with Crippen LogP contribution in [0.5, 0.6) is 0 Å². The van der Waals surface area contributed by atoms with Crippen molar-refractivity contribution < 1.29 is 4.43 Å². The van der Waals surface area contributed by atoms with Crippen molar-refractivity contribution in [3.05, 3.63) is 42.0 Å². The molecule has 12 heavy (non-hydrogen) atoms. The Kier molecular flexibility index (Phi) is 3.61. The van der Waals surface area contributed by atoms with Gasteiger partial charge in [0.15, 0.2) is 0 Å². The first-order valence-corrected chi connectivity index (χ1v) is 4.38. The van der Waals surface area contributed by atoms with Crippen LogP contribution >= 0.6 is 0 Å². The van der Waals surface area contributed by atoms with Crippen molar-refractivity contribution in [3.8, 4) is 0 Å². The maximum Gasteiger partial charge on any atom is 0.341 e. The van der Waals surface area contributed by atoms with E-state index in [9.17, 15) is 0 Å². The van der Waals surface area contributed by atoms with Gasteiger partial charge in [-0.1, -0.05) is 37.3 Å². The van der Waals surface area contributed by atoms with Crippen LogP contribution < -0.4 is 0 Å². The summed E-state index contributed by atoms with van der Waals surface area (Å²) in [5, 5.41) is 0. The van der Waals surface area contributed by atoms with Crippen LogP contribution in [0.2, 0.25) is 0 Å². The number of hydrogen-bond acceptors (Lipinski definition) is 1. The molecular formula is C10H11OSi. The second-order valence-corrected chi connectivity index (χ2v) is 2.65. The summed E-state index contributed by atoms with van der Waals surface area (Å²) in [4.78, 5) is 0. The van der Waals surface area contributed by atoms with E-state index in [0.717, 1.165) is 17.7 Å². The summed E-state index contributed by atoms with van der Waals surface area (Å²) >= 11 is 0. The van der Waals surface area contributed by atoms with E-state index in [0.29, 0.717) is 0 Å². The van der Waals surface area contributed by atoms with Crippen LogP contribution in [0.3, 0.4) is 0 Å². The van der Waals surface area contributed by atoms with Gasteiger partial charge in [-0.15, -0.1) is 0 Å². The maximum atomic E-state index is 5.04. The van der Waals surface area contributed by atoms with Crippen LogP contribution in [0.4, 0.5) is 0 Å². The molecule has 0 unspecified atom stereocenters. The lowest BCUT2D eigenvalue weighted by molar-refractivity contribution is 0.570. The van der Waals surface area contributed by atoms with Gasteiger partial charge in [0.1, 0.15) is 5.76 Å². The topological polar surface area (TPSA) is 9.23 Å². The summed E-state index contributed by atoms with van der Waals surface area (Å²) in [7, 11) is 3.03. The summed E-state index contributed by atoms with van der Waals surface area (Å²) < 4.78 is 5.04. The molecule has 0 aliphatic rings. The van der Waals surface area contributed by atoms with Gasteiger partial charge in [0.25, 0.3) is 0 Å². The van der Waals surface area contributed by atoms with Crippen LogP contribution in [-0.2, 0) is 4.43 Å². The van der Waals surface area contributed by atoms with E-state index in [1.807, 2.05) is 36.4 Å². The molecule has 0 aliphatic heterocycles. The summed E-state index contributed by atoms with van der Waals surface area (Å²) in [5.41, 5.74) is 1.09. The lowest BCUT2D eigenvalue weighted by atomic mass is 10.2. The lowest BCUT2D eigenvalue weighted by Crippen LogP contribution is -1.87. The van der Waals surface area contributed by atoms with Gasteiger partial charge in [-0.3, -0.25) is 0 Å². The van der Waals surface area contributed by atoms with Crippen LogP contribution in [0, 0.1) is 0 Å². The van der Waals surface area contributed by atoms with Crippen LogP contribution in [0.15, 0.2) is 36.4 Å². The molecule has 0 amide bonds. The molecule has 2 heteroatoms. The molecule has 0 spiro atoms. The van der Waals surface area contributed by atoms with E-state index < -0.39 is 0 Å². The Morgan fingerprint density at radius 2 is 2.08 bits per heavy atom. The highest BCUT2D eigenvalue weighted by Gasteiger charge is 1.96. The van der Waals surface area contributed by atoms with E-state index >= 15 is 0 Å². The molecular weight excluding hydrogens is 164 g/mol. The molecule has 0 atom stereocenters. The van der Waals surface area contributed by atoms with Crippen molar-refractivity contribution in [2.45, 2.75) is 13.3 Å². The molecule has 0 saturated carbocycles. The Labute approximate surface area is 76.6 Å². The van der Waals surface area contributed by atoms with Crippen LogP contribution in [0.1, 0.15) is 18.9 Å². The van der Waals surface area contributed by atoms with Gasteiger partial charge < -0.3 is 4.43 Å². The summed E-state index contributed by atoms with van der Waals surface area (Å²) in [5.74, 6) is 0.870. The van der Waals surface area contributed by atoms with Crippen molar-refractivity contribution in [1.29, 1.82) is 0 Å². The largest absolute Gasteiger partial charge is 0.540 e. The third-order valence-electron chi connectivity index (χ3n) is 1.56. The fourth-order valence-electron chi connectivity index (χ4n) is 1.01. The molecule has 0 N–H and O–H groups in total. The van der Waals surface area contributed by atoms with Crippen molar-refractivity contribution in [2.75, 3.05) is 0 Å². The molecule has 3 radical (unpaired) electrons. The predicted octanol–water partition coefficient (Wildman–Crippen LogP) is 2.54. The zero-order valence-electron chi connectivity index (χ0n) is 7.08. The second kappa shape index (κ2) is 4.77. The quantitative estimate of drug-likeness (QED) is 0.506. The first-order chi connectivity index (χ1) is 5.88. The Hall–Kier alpha value is -1.02. The molecule has 1 rings (SSSR count). The number of rotatable bonds is 3. The van der Waals surface area contributed by atoms with Gasteiger partial charge >= 0.3 is 10.5 Å². The van der Waals surface area contributed by atoms with E-state index in [1.165, 1.54) is 0 Å². The fourth-order valence-corrected chi connectivity index (χ4v) is 1.21. The SMILES string of the molecule is CC/C=C(\O[Si])c1ccccc1. The fraction of sp³-hybridized carbons (Fsp3) is 0.200. The number of benzene rings is 1. The summed E-state index contributed by atoms with van der Waals surface area (Å²) in [6.45, 7) is 2.08. The predicted molar refractivity (Wildman–Crippen MR) is 51.5 cm³/mol. The highest BCUT2D eigenvalue weighted by Crippen LogP contribution is 2.14. The van der Waals surface area contributed by atoms with Crippen LogP contribution in [0.25, 0.3) is 5.76 Å². The van der Waals surface area contributed by atoms with E-state index in [2.05, 4.69) is 17.4 Å². The standard InChI is InChI=1S/C10H11OSi/c1-2-6-10(11-12)9-7-4-3-5-8-9/h3-8H,2H2,1H3/b10-6-. The zero-order chi connectivity index (χ0) is 8.81. The molecule has 0 aromatic heterocycles. The van der Waals surface area contributed by atoms with Crippen LogP contribution in [-0.4, -0.2) is 10.5 Å². The second-order valence-electron chi connectivity index (χ2n) is 2.44. The zero-order valence-corrected chi connectivity index (χ0v) is 8.08. The van der Waals surface area contributed by atoms with Gasteiger partial charge in [0.05, 0.1) is 0 Å². The van der Waals surface area contributed by atoms with Crippen molar-refractivity contribution in [2.24, 2.45) is 0 Å². The summed E-state index contributed by atoms with van der Waals surface area (Å²) in [6, 6.07) is 10.00. The molecule has 0 heterocycles. The molecule has 0 saturated heterocycles. The third kappa shape index (κ3) is 2.24. The molecule has 1 aromatic rings. The third-order valence-corrected chi connectivity index (χ3v) is 1.78. The monoisotopic (exact) mass is 175 g/mol. The lowest BCUT2D eigenvalue weighted by Gasteiger charge is -2.05. The maximum absolute atomic E-state index is 5.04. The normalized spacial score (nSPS) is 11.3. The van der Waals surface area contributed by atoms with Crippen molar-refractivity contribution in [1.82, 2.24) is 0 Å². The number of hydrogen-bond donors (Lipinski definition) is 0. The smallest absolute Gasteiger partial charge is 0.341 e. The Balaban J connectivity index is 2.88. The van der Waals surface area contributed by atoms with Gasteiger partial charge in [-0.25, -0.2) is 0 Å². The molecule has 0 fully saturated rings. The van der Waals surface area contributed by atoms with Crippen molar-refractivity contribution in [3.63, 3.8) is 0 Å². The molecule has 0 bridgehead atoms. The van der Waals surface area contributed by atoms with Gasteiger partial charge in [0.2, 0.25) is 0 Å². The first-order valence-electron chi connectivity index (χ1n) is 3.97. The molecule has 1 aromatic carbocycles. The molecule has 1 nitrogen and oxygen atoms in total. The van der Waals surface area contributed by atoms with Gasteiger partial charge in [0, 0.05) is 5.56 Å². The van der Waals surface area contributed by atoms with Crippen molar-refractivity contribution >= 4 is 16.2 Å². The minimum Gasteiger partial charge on any atom is -0.540 e. The Bertz CT molecular complexity index is 254. The van der Waals surface area contributed by atoms with E-state index in [4.69, 9.17) is 4.43 Å². The minimum absolute atomic E-state index is 0.870. The highest BCUT2D eigenvalue weighted by molar-refractivity contribution is 6.01. The first kappa shape index (κ1) is 9.07. The Morgan fingerprint density at radius 1 is 1.42 bits per heavy atom. The minimum atomic E-state index is 0.870. The van der Waals surface area contributed by atoms with Gasteiger partial charge in [-0.05, 0) is 12.5 Å². The van der Waals surface area contributed by atoms with Gasteiger partial charge in [-0.2, -0.15) is 0 Å². The average Bonchev–Trinajstić information content (AvgIpc) is 2.15. The molecule has 0 aliphatic carbocycles. The summed E-state index contributed by atoms with van der Waals surface area (Å²) in [6.07, 6.45) is 3.00.